The molecule has 0 bridgehead atoms. The Labute approximate surface area is 103 Å². The Morgan fingerprint density at radius 3 is 2.94 bits per heavy atom. The maximum atomic E-state index is 9.15. The van der Waals surface area contributed by atoms with Crippen LogP contribution in [0, 0.1) is 12.8 Å². The fourth-order valence-corrected chi connectivity index (χ4v) is 2.53. The quantitative estimate of drug-likeness (QED) is 0.873. The predicted molar refractivity (Wildman–Crippen MR) is 70.1 cm³/mol. The van der Waals surface area contributed by atoms with Crippen molar-refractivity contribution in [3.63, 3.8) is 0 Å². The summed E-state index contributed by atoms with van der Waals surface area (Å²) in [5.74, 6) is 1.88. The van der Waals surface area contributed by atoms with Crippen LogP contribution in [0.3, 0.4) is 0 Å². The average molecular weight is 234 g/mol. The van der Waals surface area contributed by atoms with Crippen molar-refractivity contribution in [2.75, 3.05) is 18.0 Å². The Morgan fingerprint density at radius 1 is 1.47 bits per heavy atom. The lowest BCUT2D eigenvalue weighted by Gasteiger charge is -2.33. The summed E-state index contributed by atoms with van der Waals surface area (Å²) in [4.78, 5) is 6.98. The molecule has 0 radical (unpaired) electrons. The van der Waals surface area contributed by atoms with Crippen molar-refractivity contribution >= 4 is 5.82 Å². The van der Waals surface area contributed by atoms with Crippen LogP contribution in [0.4, 0.5) is 5.82 Å². The molecule has 1 aromatic rings. The first-order valence-electron chi connectivity index (χ1n) is 6.57. The maximum Gasteiger partial charge on any atom is 0.128 e. The van der Waals surface area contributed by atoms with Crippen molar-refractivity contribution in [2.45, 2.75) is 39.7 Å². The molecule has 1 aliphatic rings. The molecule has 1 fully saturated rings. The first kappa shape index (κ1) is 12.4. The number of aryl methyl sites for hydroxylation is 1. The molecule has 17 heavy (non-hydrogen) atoms. The van der Waals surface area contributed by atoms with Crippen LogP contribution in [0.1, 0.15) is 37.4 Å². The van der Waals surface area contributed by atoms with Crippen LogP contribution in [0.2, 0.25) is 0 Å². The molecule has 2 rings (SSSR count). The van der Waals surface area contributed by atoms with E-state index < -0.39 is 0 Å². The largest absolute Gasteiger partial charge is 0.392 e. The zero-order valence-electron chi connectivity index (χ0n) is 10.8. The van der Waals surface area contributed by atoms with E-state index in [9.17, 15) is 0 Å². The lowest BCUT2D eigenvalue weighted by Crippen LogP contribution is -2.35. The summed E-state index contributed by atoms with van der Waals surface area (Å²) in [5.41, 5.74) is 1.88. The topological polar surface area (TPSA) is 36.4 Å². The molecular weight excluding hydrogens is 212 g/mol. The molecule has 0 amide bonds. The fourth-order valence-electron chi connectivity index (χ4n) is 2.53. The Hall–Kier alpha value is -1.09. The van der Waals surface area contributed by atoms with E-state index in [0.29, 0.717) is 0 Å². The average Bonchev–Trinajstić information content (AvgIpc) is 2.38. The van der Waals surface area contributed by atoms with Crippen LogP contribution in [-0.2, 0) is 6.61 Å². The van der Waals surface area contributed by atoms with E-state index in [4.69, 9.17) is 5.11 Å². The van der Waals surface area contributed by atoms with E-state index in [1.807, 2.05) is 19.1 Å². The molecule has 94 valence electrons. The van der Waals surface area contributed by atoms with Gasteiger partial charge >= 0.3 is 0 Å². The second-order valence-corrected chi connectivity index (χ2v) is 4.93. The molecule has 2 heterocycles. The van der Waals surface area contributed by atoms with E-state index in [2.05, 4.69) is 16.8 Å². The second-order valence-electron chi connectivity index (χ2n) is 4.93. The normalized spacial score (nSPS) is 20.6. The van der Waals surface area contributed by atoms with Gasteiger partial charge in [-0.2, -0.15) is 0 Å². The molecule has 3 nitrogen and oxygen atoms in total. The summed E-state index contributed by atoms with van der Waals surface area (Å²) in [6.45, 7) is 6.55. The van der Waals surface area contributed by atoms with Crippen LogP contribution in [0.15, 0.2) is 12.1 Å². The van der Waals surface area contributed by atoms with Crippen LogP contribution in [0.5, 0.6) is 0 Å². The highest BCUT2D eigenvalue weighted by Gasteiger charge is 2.19. The smallest absolute Gasteiger partial charge is 0.128 e. The maximum absolute atomic E-state index is 9.15. The number of hydrogen-bond acceptors (Lipinski definition) is 3. The molecule has 1 unspecified atom stereocenters. The van der Waals surface area contributed by atoms with Crippen molar-refractivity contribution in [1.29, 1.82) is 0 Å². The van der Waals surface area contributed by atoms with Crippen molar-refractivity contribution in [3.8, 4) is 0 Å². The molecule has 0 spiro atoms. The number of aliphatic hydroxyl groups excluding tert-OH is 1. The third-order valence-electron chi connectivity index (χ3n) is 3.77. The van der Waals surface area contributed by atoms with Gasteiger partial charge in [-0.05, 0) is 37.3 Å². The van der Waals surface area contributed by atoms with Gasteiger partial charge in [0, 0.05) is 18.8 Å². The lowest BCUT2D eigenvalue weighted by atomic mass is 9.95. The molecule has 0 aromatic carbocycles. The molecule has 1 N–H and O–H groups in total. The Morgan fingerprint density at radius 2 is 2.29 bits per heavy atom. The van der Waals surface area contributed by atoms with Crippen LogP contribution in [-0.4, -0.2) is 23.2 Å². The van der Waals surface area contributed by atoms with Crippen molar-refractivity contribution < 1.29 is 5.11 Å². The Kier molecular flexibility index (Phi) is 4.00. The third kappa shape index (κ3) is 2.78. The number of rotatable bonds is 3. The van der Waals surface area contributed by atoms with E-state index in [1.165, 1.54) is 19.3 Å². The third-order valence-corrected chi connectivity index (χ3v) is 3.77. The zero-order chi connectivity index (χ0) is 12.3. The molecule has 3 heteroatoms. The van der Waals surface area contributed by atoms with Gasteiger partial charge in [0.1, 0.15) is 5.82 Å². The van der Waals surface area contributed by atoms with Crippen LogP contribution < -0.4 is 4.90 Å². The summed E-state index contributed by atoms with van der Waals surface area (Å²) >= 11 is 0. The minimum absolute atomic E-state index is 0.0801. The first-order valence-corrected chi connectivity index (χ1v) is 6.57. The number of aromatic nitrogens is 1. The zero-order valence-corrected chi connectivity index (χ0v) is 10.8. The summed E-state index contributed by atoms with van der Waals surface area (Å²) in [5, 5.41) is 9.15. The number of nitrogens with zero attached hydrogens (tertiary/aromatic N) is 2. The van der Waals surface area contributed by atoms with Gasteiger partial charge in [-0.25, -0.2) is 4.98 Å². The lowest BCUT2D eigenvalue weighted by molar-refractivity contribution is 0.280. The highest BCUT2D eigenvalue weighted by Crippen LogP contribution is 2.24. The summed E-state index contributed by atoms with van der Waals surface area (Å²) in [6, 6.07) is 4.03. The van der Waals surface area contributed by atoms with Gasteiger partial charge in [0.25, 0.3) is 0 Å². The summed E-state index contributed by atoms with van der Waals surface area (Å²) < 4.78 is 0. The molecule has 0 saturated carbocycles. The summed E-state index contributed by atoms with van der Waals surface area (Å²) in [7, 11) is 0. The van der Waals surface area contributed by atoms with Crippen LogP contribution in [0.25, 0.3) is 0 Å². The number of aliphatic hydroxyl groups is 1. The second kappa shape index (κ2) is 5.50. The van der Waals surface area contributed by atoms with E-state index >= 15 is 0 Å². The predicted octanol–water partition coefficient (Wildman–Crippen LogP) is 2.51. The number of hydrogen-bond donors (Lipinski definition) is 1. The van der Waals surface area contributed by atoms with E-state index in [0.717, 1.165) is 36.1 Å². The minimum Gasteiger partial charge on any atom is -0.392 e. The fraction of sp³-hybridized carbons (Fsp3) is 0.643. The molecule has 1 saturated heterocycles. The van der Waals surface area contributed by atoms with Gasteiger partial charge in [0.2, 0.25) is 0 Å². The number of pyridine rings is 1. The minimum atomic E-state index is 0.0801. The van der Waals surface area contributed by atoms with Crippen LogP contribution >= 0.6 is 0 Å². The van der Waals surface area contributed by atoms with Crippen molar-refractivity contribution in [1.82, 2.24) is 4.98 Å². The SMILES string of the molecule is CCC1CCCN(c2ccc(CO)c(C)n2)C1. The van der Waals surface area contributed by atoms with Crippen molar-refractivity contribution in [3.05, 3.63) is 23.4 Å². The van der Waals surface area contributed by atoms with Gasteiger partial charge < -0.3 is 10.0 Å². The highest BCUT2D eigenvalue weighted by molar-refractivity contribution is 5.42. The molecule has 0 aliphatic carbocycles. The van der Waals surface area contributed by atoms with Crippen molar-refractivity contribution in [2.24, 2.45) is 5.92 Å². The van der Waals surface area contributed by atoms with Gasteiger partial charge in [-0.1, -0.05) is 19.4 Å². The van der Waals surface area contributed by atoms with Gasteiger partial charge in [-0.15, -0.1) is 0 Å². The molecule has 1 aliphatic heterocycles. The highest BCUT2D eigenvalue weighted by atomic mass is 16.3. The molecular formula is C14H22N2O. The van der Waals surface area contributed by atoms with E-state index in [1.54, 1.807) is 0 Å². The molecule has 1 atom stereocenters. The van der Waals surface area contributed by atoms with E-state index in [-0.39, 0.29) is 6.61 Å². The first-order chi connectivity index (χ1) is 8.24. The Balaban J connectivity index is 2.13. The Bertz CT molecular complexity index is 378. The summed E-state index contributed by atoms with van der Waals surface area (Å²) in [6.07, 6.45) is 3.87. The monoisotopic (exact) mass is 234 g/mol. The standard InChI is InChI=1S/C14H22N2O/c1-3-12-5-4-8-16(9-12)14-7-6-13(10-17)11(2)15-14/h6-7,12,17H,3-5,8-10H2,1-2H3. The number of anilines is 1. The van der Waals surface area contributed by atoms with Gasteiger partial charge in [-0.3, -0.25) is 0 Å². The van der Waals surface area contributed by atoms with Gasteiger partial charge in [0.05, 0.1) is 6.61 Å². The number of piperidine rings is 1. The molecule has 1 aromatic heterocycles. The van der Waals surface area contributed by atoms with Gasteiger partial charge in [0.15, 0.2) is 0 Å².